The van der Waals surface area contributed by atoms with E-state index in [1.807, 2.05) is 13.0 Å². The summed E-state index contributed by atoms with van der Waals surface area (Å²) >= 11 is 0. The van der Waals surface area contributed by atoms with Crippen LogP contribution in [0, 0.1) is 5.92 Å². The van der Waals surface area contributed by atoms with Gasteiger partial charge in [0.2, 0.25) is 0 Å². The normalized spacial score (nSPS) is 12.3. The van der Waals surface area contributed by atoms with E-state index in [0.717, 1.165) is 5.56 Å². The van der Waals surface area contributed by atoms with Crippen LogP contribution in [-0.2, 0) is 20.9 Å². The van der Waals surface area contributed by atoms with Crippen molar-refractivity contribution in [3.05, 3.63) is 65.7 Å². The molecule has 6 nitrogen and oxygen atoms in total. The second-order valence-corrected chi connectivity index (χ2v) is 6.55. The van der Waals surface area contributed by atoms with E-state index in [4.69, 9.17) is 4.74 Å². The first kappa shape index (κ1) is 22.0. The summed E-state index contributed by atoms with van der Waals surface area (Å²) in [6, 6.07) is 15.7. The second kappa shape index (κ2) is 10.9. The highest BCUT2D eigenvalue weighted by Crippen LogP contribution is 2.19. The van der Waals surface area contributed by atoms with Crippen molar-refractivity contribution in [1.82, 2.24) is 0 Å². The second-order valence-electron chi connectivity index (χ2n) is 6.55. The van der Waals surface area contributed by atoms with E-state index >= 15 is 0 Å². The fourth-order valence-corrected chi connectivity index (χ4v) is 2.84. The first-order chi connectivity index (χ1) is 14.0. The number of carbonyl (C=O) groups excluding carboxylic acids is 2. The van der Waals surface area contributed by atoms with Crippen LogP contribution in [0.25, 0.3) is 0 Å². The van der Waals surface area contributed by atoms with Crippen LogP contribution in [0.5, 0.6) is 0 Å². The van der Waals surface area contributed by atoms with Crippen LogP contribution in [0.4, 0.5) is 5.69 Å². The van der Waals surface area contributed by atoms with Crippen LogP contribution in [0.2, 0.25) is 0 Å². The van der Waals surface area contributed by atoms with Gasteiger partial charge in [-0.1, -0.05) is 44.2 Å². The number of benzene rings is 2. The van der Waals surface area contributed by atoms with Gasteiger partial charge in [-0.25, -0.2) is 4.79 Å². The van der Waals surface area contributed by atoms with Gasteiger partial charge in [-0.05, 0) is 42.7 Å². The van der Waals surface area contributed by atoms with Crippen LogP contribution in [0.1, 0.15) is 49.0 Å². The molecule has 0 saturated carbocycles. The Morgan fingerprint density at radius 1 is 1.00 bits per heavy atom. The minimum absolute atomic E-state index is 0.116. The van der Waals surface area contributed by atoms with E-state index in [1.54, 1.807) is 55.5 Å². The molecule has 0 spiro atoms. The molecule has 2 aromatic carbocycles. The number of carbonyl (C=O) groups is 3. The first-order valence-electron chi connectivity index (χ1n) is 9.60. The molecule has 2 aromatic rings. The molecule has 152 valence electrons. The molecule has 6 heteroatoms. The predicted octanol–water partition coefficient (Wildman–Crippen LogP) is 4.60. The molecule has 0 heterocycles. The Labute approximate surface area is 170 Å². The van der Waals surface area contributed by atoms with Crippen molar-refractivity contribution in [2.24, 2.45) is 10.9 Å². The minimum atomic E-state index is -1.22. The van der Waals surface area contributed by atoms with Crippen LogP contribution in [0.15, 0.2) is 59.6 Å². The van der Waals surface area contributed by atoms with E-state index in [2.05, 4.69) is 4.99 Å². The number of ketones is 1. The van der Waals surface area contributed by atoms with Crippen LogP contribution in [-0.4, -0.2) is 28.5 Å². The van der Waals surface area contributed by atoms with Crippen molar-refractivity contribution in [3.63, 3.8) is 0 Å². The molecule has 0 amide bonds. The summed E-state index contributed by atoms with van der Waals surface area (Å²) < 4.78 is 5.29. The first-order valence-corrected chi connectivity index (χ1v) is 9.60. The highest BCUT2D eigenvalue weighted by Gasteiger charge is 2.29. The molecule has 0 radical (unpaired) electrons. The minimum Gasteiger partial charge on any atom is -0.480 e. The lowest BCUT2D eigenvalue weighted by atomic mass is 9.93. The summed E-state index contributed by atoms with van der Waals surface area (Å²) in [5.74, 6) is -3.12. The molecule has 0 aliphatic rings. The van der Waals surface area contributed by atoms with E-state index < -0.39 is 17.9 Å². The van der Waals surface area contributed by atoms with E-state index in [1.165, 1.54) is 0 Å². The molecule has 0 aromatic heterocycles. The van der Waals surface area contributed by atoms with Crippen molar-refractivity contribution < 1.29 is 24.2 Å². The SMILES string of the molecule is CCCC(=O)C(C(=O)O)C(CC)=Nc1ccc(COC(=O)c2ccccc2)cc1. The lowest BCUT2D eigenvalue weighted by Gasteiger charge is -2.13. The predicted molar refractivity (Wildman–Crippen MR) is 110 cm³/mol. The lowest BCUT2D eigenvalue weighted by Crippen LogP contribution is -2.31. The molecular weight excluding hydrogens is 370 g/mol. The highest BCUT2D eigenvalue weighted by molar-refractivity contribution is 6.19. The van der Waals surface area contributed by atoms with Crippen LogP contribution in [0.3, 0.4) is 0 Å². The number of carboxylic acid groups (broad SMARTS) is 1. The van der Waals surface area contributed by atoms with E-state index in [9.17, 15) is 19.5 Å². The molecule has 1 unspecified atom stereocenters. The number of hydrogen-bond donors (Lipinski definition) is 1. The van der Waals surface area contributed by atoms with Gasteiger partial charge in [-0.3, -0.25) is 14.6 Å². The van der Waals surface area contributed by atoms with Gasteiger partial charge in [0.15, 0.2) is 11.7 Å². The molecule has 1 atom stereocenters. The standard InChI is InChI=1S/C23H25NO5/c1-3-8-20(25)21(22(26)27)19(4-2)24-18-13-11-16(12-14-18)15-29-23(28)17-9-6-5-7-10-17/h5-7,9-14,21H,3-4,8,15H2,1-2H3,(H,26,27). The van der Waals surface area contributed by atoms with Crippen molar-refractivity contribution in [3.8, 4) is 0 Å². The third kappa shape index (κ3) is 6.38. The van der Waals surface area contributed by atoms with Gasteiger partial charge in [-0.15, -0.1) is 0 Å². The molecule has 2 rings (SSSR count). The van der Waals surface area contributed by atoms with Crippen molar-refractivity contribution >= 4 is 29.1 Å². The molecule has 1 N–H and O–H groups in total. The average molecular weight is 395 g/mol. The van der Waals surface area contributed by atoms with Gasteiger partial charge in [0, 0.05) is 12.1 Å². The van der Waals surface area contributed by atoms with E-state index in [0.29, 0.717) is 29.8 Å². The number of nitrogens with zero attached hydrogens (tertiary/aromatic N) is 1. The number of hydrogen-bond acceptors (Lipinski definition) is 5. The van der Waals surface area contributed by atoms with Gasteiger partial charge in [-0.2, -0.15) is 0 Å². The van der Waals surface area contributed by atoms with Gasteiger partial charge in [0.1, 0.15) is 6.61 Å². The Bertz CT molecular complexity index is 872. The maximum Gasteiger partial charge on any atom is 0.338 e. The molecule has 0 aliphatic carbocycles. The topological polar surface area (TPSA) is 93.0 Å². The maximum absolute atomic E-state index is 12.2. The van der Waals surface area contributed by atoms with Gasteiger partial charge in [0.25, 0.3) is 0 Å². The molecule has 0 bridgehead atoms. The monoisotopic (exact) mass is 395 g/mol. The van der Waals surface area contributed by atoms with Gasteiger partial charge < -0.3 is 9.84 Å². The fraction of sp³-hybridized carbons (Fsp3) is 0.304. The maximum atomic E-state index is 12.2. The zero-order valence-corrected chi connectivity index (χ0v) is 16.6. The van der Waals surface area contributed by atoms with Gasteiger partial charge in [0.05, 0.1) is 11.3 Å². The zero-order valence-electron chi connectivity index (χ0n) is 16.6. The summed E-state index contributed by atoms with van der Waals surface area (Å²) in [7, 11) is 0. The number of carboxylic acids is 1. The number of Topliss-reactive ketones (excluding diaryl/α,β-unsaturated/α-hetero) is 1. The Morgan fingerprint density at radius 2 is 1.66 bits per heavy atom. The molecule has 29 heavy (non-hydrogen) atoms. The summed E-state index contributed by atoms with van der Waals surface area (Å²) in [4.78, 5) is 40.1. The zero-order chi connectivity index (χ0) is 21.2. The lowest BCUT2D eigenvalue weighted by molar-refractivity contribution is -0.143. The molecule has 0 aliphatic heterocycles. The van der Waals surface area contributed by atoms with Crippen molar-refractivity contribution in [2.45, 2.75) is 39.7 Å². The largest absolute Gasteiger partial charge is 0.480 e. The Kier molecular flexibility index (Phi) is 8.27. The Hall–Kier alpha value is -3.28. The number of aliphatic carboxylic acids is 1. The summed E-state index contributed by atoms with van der Waals surface area (Å²) in [6.07, 6.45) is 1.17. The van der Waals surface area contributed by atoms with Gasteiger partial charge >= 0.3 is 11.9 Å². The summed E-state index contributed by atoms with van der Waals surface area (Å²) in [5, 5.41) is 9.46. The molecular formula is C23H25NO5. The number of esters is 1. The van der Waals surface area contributed by atoms with Crippen LogP contribution < -0.4 is 0 Å². The number of aliphatic imine (C=N–C) groups is 1. The number of rotatable bonds is 10. The van der Waals surface area contributed by atoms with Crippen molar-refractivity contribution in [2.75, 3.05) is 0 Å². The smallest absolute Gasteiger partial charge is 0.338 e. The molecule has 0 saturated heterocycles. The van der Waals surface area contributed by atoms with Crippen molar-refractivity contribution in [1.29, 1.82) is 0 Å². The van der Waals surface area contributed by atoms with E-state index in [-0.39, 0.29) is 18.8 Å². The summed E-state index contributed by atoms with van der Waals surface area (Å²) in [5.41, 5.74) is 2.15. The fourth-order valence-electron chi connectivity index (χ4n) is 2.84. The Balaban J connectivity index is 2.08. The molecule has 0 fully saturated rings. The third-order valence-electron chi connectivity index (χ3n) is 4.35. The Morgan fingerprint density at radius 3 is 2.21 bits per heavy atom. The highest BCUT2D eigenvalue weighted by atomic mass is 16.5. The third-order valence-corrected chi connectivity index (χ3v) is 4.35. The average Bonchev–Trinajstić information content (AvgIpc) is 2.73. The quantitative estimate of drug-likeness (QED) is 0.361. The van der Waals surface area contributed by atoms with Crippen LogP contribution >= 0.6 is 0 Å². The summed E-state index contributed by atoms with van der Waals surface area (Å²) in [6.45, 7) is 3.74. The number of ether oxygens (including phenoxy) is 1.